The molecule has 21 heavy (non-hydrogen) atoms. The number of ether oxygens (including phenoxy) is 2. The number of cyclic esters (lactones) is 1. The number of carbonyl (C=O) groups excluding carboxylic acids is 1. The fourth-order valence-electron chi connectivity index (χ4n) is 4.24. The topological polar surface area (TPSA) is 55.8 Å². The van der Waals surface area contributed by atoms with Crippen molar-refractivity contribution in [3.8, 4) is 0 Å². The molecule has 4 nitrogen and oxygen atoms in total. The molecular formula is C17H26O4. The third kappa shape index (κ3) is 3.02. The molecule has 6 atom stereocenters. The molecule has 0 aromatic rings. The van der Waals surface area contributed by atoms with Gasteiger partial charge in [0, 0.05) is 12.8 Å². The van der Waals surface area contributed by atoms with Crippen LogP contribution in [0.5, 0.6) is 0 Å². The maximum atomic E-state index is 11.4. The third-order valence-corrected chi connectivity index (χ3v) is 5.36. The van der Waals surface area contributed by atoms with E-state index < -0.39 is 17.7 Å². The van der Waals surface area contributed by atoms with Crippen molar-refractivity contribution in [1.82, 2.24) is 0 Å². The van der Waals surface area contributed by atoms with Gasteiger partial charge >= 0.3 is 5.97 Å². The lowest BCUT2D eigenvalue weighted by Crippen LogP contribution is -2.43. The van der Waals surface area contributed by atoms with Crippen LogP contribution in [0.1, 0.15) is 52.9 Å². The molecule has 2 heterocycles. The van der Waals surface area contributed by atoms with Crippen LogP contribution in [0.2, 0.25) is 0 Å². The zero-order chi connectivity index (χ0) is 15.2. The average molecular weight is 294 g/mol. The number of rotatable bonds is 2. The number of allylic oxidation sites excluding steroid dienone is 1. The van der Waals surface area contributed by atoms with E-state index in [2.05, 4.69) is 19.9 Å². The Bertz CT molecular complexity index is 458. The SMILES string of the molecule is CC1=CC2OC(CC3(C)CC(O)C(=O)O3)CC(C)C2CC1. The summed E-state index contributed by atoms with van der Waals surface area (Å²) in [5.41, 5.74) is 0.833. The molecule has 3 rings (SSSR count). The molecule has 2 fully saturated rings. The molecule has 3 aliphatic rings. The Balaban J connectivity index is 1.67. The van der Waals surface area contributed by atoms with Crippen molar-refractivity contribution in [2.75, 3.05) is 0 Å². The zero-order valence-corrected chi connectivity index (χ0v) is 13.2. The molecule has 1 N–H and O–H groups in total. The van der Waals surface area contributed by atoms with Gasteiger partial charge in [-0.3, -0.25) is 0 Å². The molecular weight excluding hydrogens is 268 g/mol. The van der Waals surface area contributed by atoms with Crippen LogP contribution in [0, 0.1) is 11.8 Å². The standard InChI is InChI=1S/C17H26O4/c1-10-4-5-13-11(2)7-12(20-15(13)6-10)8-17(3)9-14(18)16(19)21-17/h6,11-15,18H,4-5,7-9H2,1-3H3. The summed E-state index contributed by atoms with van der Waals surface area (Å²) in [5, 5.41) is 9.61. The van der Waals surface area contributed by atoms with E-state index in [-0.39, 0.29) is 12.2 Å². The van der Waals surface area contributed by atoms with Crippen LogP contribution in [0.25, 0.3) is 0 Å². The molecule has 1 aliphatic carbocycles. The Morgan fingerprint density at radius 2 is 2.24 bits per heavy atom. The van der Waals surface area contributed by atoms with Crippen molar-refractivity contribution >= 4 is 5.97 Å². The van der Waals surface area contributed by atoms with Crippen molar-refractivity contribution < 1.29 is 19.4 Å². The fraction of sp³-hybridized carbons (Fsp3) is 0.824. The van der Waals surface area contributed by atoms with Gasteiger partial charge in [-0.1, -0.05) is 18.6 Å². The first-order chi connectivity index (χ1) is 9.86. The van der Waals surface area contributed by atoms with Gasteiger partial charge in [-0.05, 0) is 44.9 Å². The first-order valence-electron chi connectivity index (χ1n) is 8.10. The van der Waals surface area contributed by atoms with E-state index in [0.717, 1.165) is 6.42 Å². The van der Waals surface area contributed by atoms with Crippen LogP contribution >= 0.6 is 0 Å². The van der Waals surface area contributed by atoms with Crippen molar-refractivity contribution in [2.24, 2.45) is 11.8 Å². The lowest BCUT2D eigenvalue weighted by molar-refractivity contribution is -0.157. The minimum absolute atomic E-state index is 0.103. The van der Waals surface area contributed by atoms with E-state index in [0.29, 0.717) is 24.7 Å². The quantitative estimate of drug-likeness (QED) is 0.628. The number of hydrogen-bond donors (Lipinski definition) is 1. The highest BCUT2D eigenvalue weighted by Gasteiger charge is 2.46. The van der Waals surface area contributed by atoms with Gasteiger partial charge in [0.05, 0.1) is 12.2 Å². The van der Waals surface area contributed by atoms with Crippen molar-refractivity contribution in [1.29, 1.82) is 0 Å². The number of aliphatic hydroxyl groups excluding tert-OH is 1. The van der Waals surface area contributed by atoms with E-state index in [9.17, 15) is 9.90 Å². The lowest BCUT2D eigenvalue weighted by atomic mass is 9.74. The van der Waals surface area contributed by atoms with Crippen LogP contribution in [0.15, 0.2) is 11.6 Å². The number of carbonyl (C=O) groups is 1. The molecule has 0 radical (unpaired) electrons. The molecule has 0 saturated carbocycles. The van der Waals surface area contributed by atoms with Crippen molar-refractivity contribution in [2.45, 2.75) is 76.8 Å². The summed E-state index contributed by atoms with van der Waals surface area (Å²) in [6.07, 6.45) is 6.07. The van der Waals surface area contributed by atoms with Gasteiger partial charge in [-0.2, -0.15) is 0 Å². The second kappa shape index (κ2) is 5.40. The van der Waals surface area contributed by atoms with Gasteiger partial charge in [0.25, 0.3) is 0 Å². The minimum Gasteiger partial charge on any atom is -0.457 e. The number of aliphatic hydroxyl groups is 1. The van der Waals surface area contributed by atoms with Crippen molar-refractivity contribution in [3.63, 3.8) is 0 Å². The predicted octanol–water partition coefficient (Wildman–Crippen LogP) is 2.59. The Morgan fingerprint density at radius 3 is 2.90 bits per heavy atom. The monoisotopic (exact) mass is 294 g/mol. The Kier molecular flexibility index (Phi) is 3.87. The summed E-state index contributed by atoms with van der Waals surface area (Å²) in [6.45, 7) is 6.38. The second-order valence-corrected chi connectivity index (χ2v) is 7.45. The third-order valence-electron chi connectivity index (χ3n) is 5.36. The minimum atomic E-state index is -0.972. The van der Waals surface area contributed by atoms with E-state index >= 15 is 0 Å². The smallest absolute Gasteiger partial charge is 0.335 e. The molecule has 0 amide bonds. The normalized spacial score (nSPS) is 46.8. The van der Waals surface area contributed by atoms with Gasteiger partial charge in [0.2, 0.25) is 0 Å². The highest BCUT2D eigenvalue weighted by Crippen LogP contribution is 2.42. The molecule has 0 spiro atoms. The predicted molar refractivity (Wildman–Crippen MR) is 78.7 cm³/mol. The highest BCUT2D eigenvalue weighted by molar-refractivity contribution is 5.77. The van der Waals surface area contributed by atoms with E-state index in [1.807, 2.05) is 6.92 Å². The van der Waals surface area contributed by atoms with Crippen LogP contribution in [0.3, 0.4) is 0 Å². The molecule has 0 bridgehead atoms. The first kappa shape index (κ1) is 15.0. The van der Waals surface area contributed by atoms with Crippen LogP contribution in [-0.4, -0.2) is 35.0 Å². The average Bonchev–Trinajstić information content (AvgIpc) is 2.61. The molecule has 2 aliphatic heterocycles. The van der Waals surface area contributed by atoms with Crippen molar-refractivity contribution in [3.05, 3.63) is 11.6 Å². The van der Waals surface area contributed by atoms with E-state index in [4.69, 9.17) is 9.47 Å². The van der Waals surface area contributed by atoms with E-state index in [1.165, 1.54) is 18.4 Å². The van der Waals surface area contributed by atoms with Gasteiger partial charge in [0.15, 0.2) is 6.10 Å². The number of hydrogen-bond acceptors (Lipinski definition) is 4. The summed E-state index contributed by atoms with van der Waals surface area (Å²) in [7, 11) is 0. The van der Waals surface area contributed by atoms with Gasteiger partial charge in [-0.25, -0.2) is 4.79 Å². The Labute approximate surface area is 126 Å². The maximum Gasteiger partial charge on any atom is 0.335 e. The van der Waals surface area contributed by atoms with Gasteiger partial charge in [-0.15, -0.1) is 0 Å². The Morgan fingerprint density at radius 1 is 1.48 bits per heavy atom. The largest absolute Gasteiger partial charge is 0.457 e. The van der Waals surface area contributed by atoms with Crippen LogP contribution < -0.4 is 0 Å². The Hall–Kier alpha value is -0.870. The van der Waals surface area contributed by atoms with Crippen LogP contribution in [-0.2, 0) is 14.3 Å². The molecule has 0 aromatic heterocycles. The lowest BCUT2D eigenvalue weighted by Gasteiger charge is -2.43. The summed E-state index contributed by atoms with van der Waals surface area (Å²) >= 11 is 0. The molecule has 4 heteroatoms. The number of fused-ring (bicyclic) bond motifs is 1. The molecule has 118 valence electrons. The number of esters is 1. The summed E-state index contributed by atoms with van der Waals surface area (Å²) in [6, 6.07) is 0. The molecule has 0 aromatic carbocycles. The summed E-state index contributed by atoms with van der Waals surface area (Å²) < 4.78 is 11.7. The first-order valence-corrected chi connectivity index (χ1v) is 8.10. The maximum absolute atomic E-state index is 11.4. The summed E-state index contributed by atoms with van der Waals surface area (Å²) in [5.74, 6) is 0.755. The zero-order valence-electron chi connectivity index (χ0n) is 13.2. The van der Waals surface area contributed by atoms with Gasteiger partial charge < -0.3 is 14.6 Å². The van der Waals surface area contributed by atoms with Crippen LogP contribution in [0.4, 0.5) is 0 Å². The fourth-order valence-corrected chi connectivity index (χ4v) is 4.24. The molecule has 2 saturated heterocycles. The molecule has 6 unspecified atom stereocenters. The highest BCUT2D eigenvalue weighted by atomic mass is 16.6. The van der Waals surface area contributed by atoms with E-state index in [1.54, 1.807) is 0 Å². The second-order valence-electron chi connectivity index (χ2n) is 7.45. The summed E-state index contributed by atoms with van der Waals surface area (Å²) in [4.78, 5) is 11.4. The van der Waals surface area contributed by atoms with Gasteiger partial charge in [0.1, 0.15) is 5.60 Å².